The van der Waals surface area contributed by atoms with Gasteiger partial charge in [0.25, 0.3) is 0 Å². The molecule has 0 spiro atoms. The van der Waals surface area contributed by atoms with Crippen LogP contribution in [0.15, 0.2) is 30.4 Å². The van der Waals surface area contributed by atoms with Gasteiger partial charge in [-0.2, -0.15) is 0 Å². The van der Waals surface area contributed by atoms with Crippen molar-refractivity contribution < 1.29 is 8.78 Å². The van der Waals surface area contributed by atoms with Crippen molar-refractivity contribution in [3.05, 3.63) is 47.3 Å². The minimum Gasteiger partial charge on any atom is -0.251 e. The van der Waals surface area contributed by atoms with E-state index in [1.54, 1.807) is 12.1 Å². The summed E-state index contributed by atoms with van der Waals surface area (Å²) in [4.78, 5) is 0. The van der Waals surface area contributed by atoms with E-state index < -0.39 is 0 Å². The van der Waals surface area contributed by atoms with Crippen LogP contribution in [0, 0.1) is 30.5 Å². The third kappa shape index (κ3) is 5.18. The van der Waals surface area contributed by atoms with E-state index in [9.17, 15) is 8.78 Å². The maximum absolute atomic E-state index is 13.6. The lowest BCUT2D eigenvalue weighted by Gasteiger charge is -2.37. The number of aryl methyl sites for hydroxylation is 1. The summed E-state index contributed by atoms with van der Waals surface area (Å²) in [5, 5.41) is 0. The summed E-state index contributed by atoms with van der Waals surface area (Å²) in [5.74, 6) is 2.94. The molecular weight excluding hydrogens is 326 g/mol. The molecule has 0 aromatic heterocycles. The van der Waals surface area contributed by atoms with E-state index in [0.29, 0.717) is 12.3 Å². The van der Waals surface area contributed by atoms with Crippen LogP contribution in [0.2, 0.25) is 0 Å². The molecule has 3 rings (SSSR count). The number of halogens is 2. The van der Waals surface area contributed by atoms with Crippen LogP contribution < -0.4 is 0 Å². The van der Waals surface area contributed by atoms with E-state index in [2.05, 4.69) is 19.1 Å². The summed E-state index contributed by atoms with van der Waals surface area (Å²) < 4.78 is 25.8. The minimum atomic E-state index is -0.200. The Labute approximate surface area is 158 Å². The summed E-state index contributed by atoms with van der Waals surface area (Å²) in [6, 6.07) is 5.27. The minimum absolute atomic E-state index is 0.0920. The van der Waals surface area contributed by atoms with E-state index in [1.807, 2.05) is 6.07 Å². The predicted molar refractivity (Wildman–Crippen MR) is 106 cm³/mol. The number of hydrogen-bond donors (Lipinski definition) is 0. The number of alkyl halides is 1. The van der Waals surface area contributed by atoms with Gasteiger partial charge in [-0.3, -0.25) is 4.39 Å². The molecule has 1 aromatic rings. The lowest BCUT2D eigenvalue weighted by Crippen LogP contribution is -2.25. The average molecular weight is 361 g/mol. The van der Waals surface area contributed by atoms with Crippen LogP contribution in [0.1, 0.15) is 81.3 Å². The van der Waals surface area contributed by atoms with E-state index >= 15 is 0 Å². The zero-order valence-corrected chi connectivity index (χ0v) is 16.2. The van der Waals surface area contributed by atoms with Crippen LogP contribution >= 0.6 is 0 Å². The number of rotatable bonds is 6. The first-order chi connectivity index (χ1) is 12.7. The van der Waals surface area contributed by atoms with Gasteiger partial charge in [-0.15, -0.1) is 0 Å². The summed E-state index contributed by atoms with van der Waals surface area (Å²) in [5.41, 5.74) is 2.49. The fourth-order valence-corrected chi connectivity index (χ4v) is 5.25. The van der Waals surface area contributed by atoms with Crippen LogP contribution in [0.3, 0.4) is 0 Å². The molecule has 0 radical (unpaired) electrons. The molecule has 144 valence electrons. The lowest BCUT2D eigenvalue weighted by atomic mass is 9.68. The molecule has 2 fully saturated rings. The van der Waals surface area contributed by atoms with Gasteiger partial charge in [-0.25, -0.2) is 4.39 Å². The van der Waals surface area contributed by atoms with E-state index in [-0.39, 0.29) is 12.5 Å². The van der Waals surface area contributed by atoms with Crippen molar-refractivity contribution in [1.82, 2.24) is 0 Å². The molecule has 0 unspecified atom stereocenters. The molecule has 2 heteroatoms. The van der Waals surface area contributed by atoms with Crippen molar-refractivity contribution in [2.45, 2.75) is 77.0 Å². The quantitative estimate of drug-likeness (QED) is 0.363. The Morgan fingerprint density at radius 2 is 1.62 bits per heavy atom. The molecule has 0 N–H and O–H groups in total. The molecule has 0 amide bonds. The Morgan fingerprint density at radius 1 is 0.962 bits per heavy atom. The highest BCUT2D eigenvalue weighted by molar-refractivity contribution is 5.30. The summed E-state index contributed by atoms with van der Waals surface area (Å²) >= 11 is 0. The highest BCUT2D eigenvalue weighted by Crippen LogP contribution is 2.44. The van der Waals surface area contributed by atoms with Crippen LogP contribution in [-0.2, 0) is 0 Å². The van der Waals surface area contributed by atoms with Gasteiger partial charge >= 0.3 is 0 Å². The van der Waals surface area contributed by atoms with E-state index in [0.717, 1.165) is 24.2 Å². The number of benzene rings is 1. The number of allylic oxidation sites excluding steroid dienone is 2. The van der Waals surface area contributed by atoms with Crippen LogP contribution in [0.25, 0.3) is 0 Å². The number of hydrogen-bond acceptors (Lipinski definition) is 0. The fourth-order valence-electron chi connectivity index (χ4n) is 5.25. The first-order valence-electron chi connectivity index (χ1n) is 10.7. The Balaban J connectivity index is 1.44. The van der Waals surface area contributed by atoms with Gasteiger partial charge < -0.3 is 0 Å². The maximum atomic E-state index is 13.6. The normalized spacial score (nSPS) is 30.0. The lowest BCUT2D eigenvalue weighted by molar-refractivity contribution is 0.171. The summed E-state index contributed by atoms with van der Waals surface area (Å²) in [6.45, 7) is 1.91. The van der Waals surface area contributed by atoms with Crippen molar-refractivity contribution >= 4 is 0 Å². The first-order valence-corrected chi connectivity index (χ1v) is 10.7. The molecule has 0 aliphatic heterocycles. The molecule has 0 bridgehead atoms. The SMILES string of the molecule is Cc1ccc(F)cc1C1CCC(C2CCC(C=CCCCF)CC2)CC1. The van der Waals surface area contributed by atoms with Gasteiger partial charge in [-0.05, 0) is 118 Å². The highest BCUT2D eigenvalue weighted by atomic mass is 19.1. The van der Waals surface area contributed by atoms with E-state index in [1.165, 1.54) is 62.5 Å². The Bertz CT molecular complexity index is 576. The molecule has 1 aromatic carbocycles. The standard InChI is InChI=1S/C24H34F2/c1-18-6-15-23(26)17-24(18)22-13-11-21(12-14-22)20-9-7-19(8-10-20)5-3-2-4-16-25/h3,5-6,15,17,19-22H,2,4,7-14,16H2,1H3. The van der Waals surface area contributed by atoms with Crippen molar-refractivity contribution in [3.8, 4) is 0 Å². The second kappa shape index (κ2) is 9.67. The van der Waals surface area contributed by atoms with Gasteiger partial charge in [0, 0.05) is 0 Å². The summed E-state index contributed by atoms with van der Waals surface area (Å²) in [6.07, 6.45) is 16.5. The van der Waals surface area contributed by atoms with Crippen molar-refractivity contribution in [2.24, 2.45) is 17.8 Å². The molecule has 0 nitrogen and oxygen atoms in total. The zero-order chi connectivity index (χ0) is 18.4. The first kappa shape index (κ1) is 19.6. The zero-order valence-electron chi connectivity index (χ0n) is 16.2. The topological polar surface area (TPSA) is 0 Å². The average Bonchev–Trinajstić information content (AvgIpc) is 2.68. The van der Waals surface area contributed by atoms with Gasteiger partial charge in [0.2, 0.25) is 0 Å². The second-order valence-corrected chi connectivity index (χ2v) is 8.55. The Kier molecular flexibility index (Phi) is 7.28. The van der Waals surface area contributed by atoms with Gasteiger partial charge in [0.15, 0.2) is 0 Å². The van der Waals surface area contributed by atoms with Crippen LogP contribution in [-0.4, -0.2) is 6.67 Å². The third-order valence-electron chi connectivity index (χ3n) is 6.85. The number of unbranched alkanes of at least 4 members (excludes halogenated alkanes) is 1. The largest absolute Gasteiger partial charge is 0.251 e. The second-order valence-electron chi connectivity index (χ2n) is 8.55. The van der Waals surface area contributed by atoms with Crippen molar-refractivity contribution in [3.63, 3.8) is 0 Å². The fraction of sp³-hybridized carbons (Fsp3) is 0.667. The molecule has 2 saturated carbocycles. The van der Waals surface area contributed by atoms with Crippen LogP contribution in [0.4, 0.5) is 8.78 Å². The van der Waals surface area contributed by atoms with Crippen molar-refractivity contribution in [1.29, 1.82) is 0 Å². The summed E-state index contributed by atoms with van der Waals surface area (Å²) in [7, 11) is 0. The Hall–Kier alpha value is -1.18. The van der Waals surface area contributed by atoms with Gasteiger partial charge in [0.05, 0.1) is 6.67 Å². The third-order valence-corrected chi connectivity index (χ3v) is 6.85. The molecule has 0 atom stereocenters. The highest BCUT2D eigenvalue weighted by Gasteiger charge is 2.31. The Morgan fingerprint density at radius 3 is 2.27 bits per heavy atom. The smallest absolute Gasteiger partial charge is 0.123 e. The predicted octanol–water partition coefficient (Wildman–Crippen LogP) is 7.52. The van der Waals surface area contributed by atoms with E-state index in [4.69, 9.17) is 0 Å². The monoisotopic (exact) mass is 360 g/mol. The van der Waals surface area contributed by atoms with Gasteiger partial charge in [-0.1, -0.05) is 18.2 Å². The molecule has 0 heterocycles. The molecule has 2 aliphatic carbocycles. The maximum Gasteiger partial charge on any atom is 0.123 e. The van der Waals surface area contributed by atoms with Crippen LogP contribution in [0.5, 0.6) is 0 Å². The van der Waals surface area contributed by atoms with Crippen molar-refractivity contribution in [2.75, 3.05) is 6.67 Å². The molecule has 2 aliphatic rings. The molecular formula is C24H34F2. The molecule has 26 heavy (non-hydrogen) atoms. The molecule has 0 saturated heterocycles. The van der Waals surface area contributed by atoms with Gasteiger partial charge in [0.1, 0.15) is 5.82 Å².